The minimum absolute atomic E-state index is 0.222. The number of hydrogen-bond acceptors (Lipinski definition) is 4. The fraction of sp³-hybridized carbons (Fsp3) is 0.0588. The SMILES string of the molecule is C=C1NN(Cc2ccccc2)C(=O)C1=NNc1ccc(Cl)cc1. The Bertz CT molecular complexity index is 756. The maximum absolute atomic E-state index is 12.4. The average molecular weight is 327 g/mol. The molecule has 0 aromatic heterocycles. The number of carbonyl (C=O) groups is 1. The number of hydrazone groups is 1. The van der Waals surface area contributed by atoms with Gasteiger partial charge in [-0.2, -0.15) is 5.10 Å². The number of halogens is 1. The van der Waals surface area contributed by atoms with Gasteiger partial charge in [0.2, 0.25) is 0 Å². The maximum atomic E-state index is 12.4. The van der Waals surface area contributed by atoms with Gasteiger partial charge in [0.05, 0.1) is 17.9 Å². The normalized spacial score (nSPS) is 15.9. The fourth-order valence-corrected chi connectivity index (χ4v) is 2.29. The summed E-state index contributed by atoms with van der Waals surface area (Å²) in [4.78, 5) is 12.4. The van der Waals surface area contributed by atoms with Crippen LogP contribution in [0.15, 0.2) is 72.0 Å². The van der Waals surface area contributed by atoms with Crippen LogP contribution < -0.4 is 10.9 Å². The van der Waals surface area contributed by atoms with Crippen LogP contribution in [-0.4, -0.2) is 16.6 Å². The molecule has 6 heteroatoms. The first kappa shape index (κ1) is 15.1. The molecule has 0 aliphatic carbocycles. The Hall–Kier alpha value is -2.79. The minimum atomic E-state index is -0.222. The minimum Gasteiger partial charge on any atom is -0.294 e. The number of nitrogens with zero attached hydrogens (tertiary/aromatic N) is 2. The molecular weight excluding hydrogens is 312 g/mol. The highest BCUT2D eigenvalue weighted by Gasteiger charge is 2.31. The zero-order chi connectivity index (χ0) is 16.2. The van der Waals surface area contributed by atoms with Crippen LogP contribution in [0.5, 0.6) is 0 Å². The Morgan fingerprint density at radius 1 is 1.13 bits per heavy atom. The van der Waals surface area contributed by atoms with Gasteiger partial charge in [0, 0.05) is 5.02 Å². The molecule has 0 atom stereocenters. The van der Waals surface area contributed by atoms with Gasteiger partial charge in [-0.1, -0.05) is 48.5 Å². The lowest BCUT2D eigenvalue weighted by Crippen LogP contribution is -2.33. The van der Waals surface area contributed by atoms with E-state index in [-0.39, 0.29) is 11.6 Å². The van der Waals surface area contributed by atoms with Crippen molar-refractivity contribution in [3.05, 3.63) is 77.5 Å². The van der Waals surface area contributed by atoms with E-state index in [9.17, 15) is 4.79 Å². The van der Waals surface area contributed by atoms with Gasteiger partial charge in [-0.15, -0.1) is 0 Å². The first-order valence-electron chi connectivity index (χ1n) is 7.04. The maximum Gasteiger partial charge on any atom is 0.295 e. The van der Waals surface area contributed by atoms with Crippen LogP contribution in [0.3, 0.4) is 0 Å². The molecule has 5 nitrogen and oxygen atoms in total. The molecule has 116 valence electrons. The van der Waals surface area contributed by atoms with E-state index in [1.807, 2.05) is 30.3 Å². The molecule has 1 amide bonds. The molecule has 0 spiro atoms. The van der Waals surface area contributed by atoms with Crippen molar-refractivity contribution in [3.63, 3.8) is 0 Å². The molecule has 23 heavy (non-hydrogen) atoms. The van der Waals surface area contributed by atoms with Crippen molar-refractivity contribution in [1.29, 1.82) is 0 Å². The summed E-state index contributed by atoms with van der Waals surface area (Å²) in [7, 11) is 0. The van der Waals surface area contributed by atoms with Crippen molar-refractivity contribution in [2.24, 2.45) is 5.10 Å². The second-order valence-electron chi connectivity index (χ2n) is 5.05. The number of anilines is 1. The van der Waals surface area contributed by atoms with Crippen molar-refractivity contribution < 1.29 is 4.79 Å². The largest absolute Gasteiger partial charge is 0.295 e. The van der Waals surface area contributed by atoms with Crippen molar-refractivity contribution in [1.82, 2.24) is 10.4 Å². The summed E-state index contributed by atoms with van der Waals surface area (Å²) in [6.45, 7) is 4.28. The Morgan fingerprint density at radius 2 is 1.83 bits per heavy atom. The summed E-state index contributed by atoms with van der Waals surface area (Å²) in [5.74, 6) is -0.222. The lowest BCUT2D eigenvalue weighted by molar-refractivity contribution is -0.125. The number of rotatable bonds is 4. The standard InChI is InChI=1S/C17H15ClN4O/c1-12-16(20-19-15-9-7-14(18)8-10-15)17(23)22(21-12)11-13-5-3-2-4-6-13/h2-10,19,21H,1,11H2. The third-order valence-corrected chi connectivity index (χ3v) is 3.58. The second kappa shape index (κ2) is 6.54. The zero-order valence-corrected chi connectivity index (χ0v) is 13.0. The Balaban J connectivity index is 1.70. The topological polar surface area (TPSA) is 56.7 Å². The van der Waals surface area contributed by atoms with Gasteiger partial charge >= 0.3 is 0 Å². The van der Waals surface area contributed by atoms with Crippen LogP contribution in [0.1, 0.15) is 5.56 Å². The first-order valence-corrected chi connectivity index (χ1v) is 7.42. The van der Waals surface area contributed by atoms with Crippen LogP contribution in [0.25, 0.3) is 0 Å². The molecule has 3 rings (SSSR count). The highest BCUT2D eigenvalue weighted by atomic mass is 35.5. The zero-order valence-electron chi connectivity index (χ0n) is 12.3. The molecule has 0 radical (unpaired) electrons. The van der Waals surface area contributed by atoms with E-state index in [0.29, 0.717) is 17.3 Å². The Kier molecular flexibility index (Phi) is 4.30. The van der Waals surface area contributed by atoms with Gasteiger partial charge in [-0.25, -0.2) is 5.01 Å². The molecule has 2 aromatic carbocycles. The van der Waals surface area contributed by atoms with E-state index >= 15 is 0 Å². The molecule has 2 aromatic rings. The molecule has 1 aliphatic rings. The van der Waals surface area contributed by atoms with Crippen LogP contribution in [0.2, 0.25) is 5.02 Å². The van der Waals surface area contributed by atoms with Crippen LogP contribution in [0, 0.1) is 0 Å². The molecule has 2 N–H and O–H groups in total. The second-order valence-corrected chi connectivity index (χ2v) is 5.48. The number of carbonyl (C=O) groups excluding carboxylic acids is 1. The lowest BCUT2D eigenvalue weighted by atomic mass is 10.2. The smallest absolute Gasteiger partial charge is 0.294 e. The number of benzene rings is 2. The van der Waals surface area contributed by atoms with Gasteiger partial charge in [0.25, 0.3) is 5.91 Å². The third-order valence-electron chi connectivity index (χ3n) is 3.33. The molecule has 1 fully saturated rings. The van der Waals surface area contributed by atoms with E-state index in [4.69, 9.17) is 11.6 Å². The number of hydrazine groups is 1. The Morgan fingerprint density at radius 3 is 2.52 bits per heavy atom. The molecule has 1 saturated heterocycles. The molecule has 0 unspecified atom stereocenters. The molecule has 0 bridgehead atoms. The van der Waals surface area contributed by atoms with Gasteiger partial charge in [0.15, 0.2) is 5.71 Å². The summed E-state index contributed by atoms with van der Waals surface area (Å²) in [5, 5.41) is 6.27. The quantitative estimate of drug-likeness (QED) is 0.848. The first-order chi connectivity index (χ1) is 11.1. The molecule has 0 saturated carbocycles. The highest BCUT2D eigenvalue weighted by Crippen LogP contribution is 2.15. The van der Waals surface area contributed by atoms with Gasteiger partial charge < -0.3 is 0 Å². The van der Waals surface area contributed by atoms with Gasteiger partial charge in [0.1, 0.15) is 0 Å². The van der Waals surface area contributed by atoms with E-state index < -0.39 is 0 Å². The summed E-state index contributed by atoms with van der Waals surface area (Å²) in [5.41, 5.74) is 8.27. The van der Waals surface area contributed by atoms with Gasteiger partial charge in [-0.3, -0.25) is 15.6 Å². The monoisotopic (exact) mass is 326 g/mol. The summed E-state index contributed by atoms with van der Waals surface area (Å²) >= 11 is 5.83. The van der Waals surface area contributed by atoms with Crippen molar-refractivity contribution in [3.8, 4) is 0 Å². The lowest BCUT2D eigenvalue weighted by Gasteiger charge is -2.15. The molecule has 1 heterocycles. The Labute approximate surface area is 139 Å². The number of amides is 1. The predicted octanol–water partition coefficient (Wildman–Crippen LogP) is 3.17. The molecular formula is C17H15ClN4O. The van der Waals surface area contributed by atoms with Crippen molar-refractivity contribution in [2.75, 3.05) is 5.43 Å². The highest BCUT2D eigenvalue weighted by molar-refractivity contribution is 6.46. The summed E-state index contributed by atoms with van der Waals surface area (Å²) < 4.78 is 0. The third kappa shape index (κ3) is 3.52. The number of hydrogen-bond donors (Lipinski definition) is 2. The predicted molar refractivity (Wildman–Crippen MR) is 91.8 cm³/mol. The fourth-order valence-electron chi connectivity index (χ4n) is 2.16. The van der Waals surface area contributed by atoms with Crippen LogP contribution in [0.4, 0.5) is 5.69 Å². The van der Waals surface area contributed by atoms with E-state index in [1.54, 1.807) is 24.3 Å². The number of nitrogens with one attached hydrogen (secondary N) is 2. The van der Waals surface area contributed by atoms with Gasteiger partial charge in [-0.05, 0) is 29.8 Å². The summed E-state index contributed by atoms with van der Waals surface area (Å²) in [6.07, 6.45) is 0. The van der Waals surface area contributed by atoms with Crippen molar-refractivity contribution in [2.45, 2.75) is 6.54 Å². The van der Waals surface area contributed by atoms with E-state index in [2.05, 4.69) is 22.5 Å². The van der Waals surface area contributed by atoms with E-state index in [1.165, 1.54) is 5.01 Å². The summed E-state index contributed by atoms with van der Waals surface area (Å²) in [6, 6.07) is 16.8. The van der Waals surface area contributed by atoms with Crippen molar-refractivity contribution >= 4 is 28.9 Å². The van der Waals surface area contributed by atoms with Crippen LogP contribution >= 0.6 is 11.6 Å². The van der Waals surface area contributed by atoms with E-state index in [0.717, 1.165) is 11.3 Å². The molecule has 1 aliphatic heterocycles. The van der Waals surface area contributed by atoms with Crippen LogP contribution in [-0.2, 0) is 11.3 Å². The average Bonchev–Trinajstić information content (AvgIpc) is 2.82.